The van der Waals surface area contributed by atoms with Crippen molar-refractivity contribution in [2.24, 2.45) is 14.1 Å². The van der Waals surface area contributed by atoms with E-state index in [9.17, 15) is 14.4 Å². The van der Waals surface area contributed by atoms with Gasteiger partial charge in [0.1, 0.15) is 0 Å². The molecule has 28 heavy (non-hydrogen) atoms. The highest BCUT2D eigenvalue weighted by Crippen LogP contribution is 2.24. The molecule has 0 fully saturated rings. The number of ketones is 1. The zero-order valence-electron chi connectivity index (χ0n) is 15.6. The third-order valence-electron chi connectivity index (χ3n) is 4.91. The van der Waals surface area contributed by atoms with Gasteiger partial charge in [0.25, 0.3) is 5.56 Å². The van der Waals surface area contributed by atoms with Gasteiger partial charge in [0.2, 0.25) is 0 Å². The van der Waals surface area contributed by atoms with Crippen LogP contribution in [0.1, 0.15) is 23.1 Å². The Kier molecular flexibility index (Phi) is 4.19. The van der Waals surface area contributed by atoms with E-state index in [1.54, 1.807) is 7.05 Å². The van der Waals surface area contributed by atoms with Crippen LogP contribution in [0, 0.1) is 0 Å². The molecule has 0 bridgehead atoms. The topological polar surface area (TPSA) is 78.9 Å². The van der Waals surface area contributed by atoms with Gasteiger partial charge < -0.3 is 4.57 Å². The second-order valence-electron chi connectivity index (χ2n) is 6.75. The molecule has 0 unspecified atom stereocenters. The van der Waals surface area contributed by atoms with Crippen LogP contribution in [0.4, 0.5) is 0 Å². The van der Waals surface area contributed by atoms with Gasteiger partial charge in [0.05, 0.1) is 6.54 Å². The first-order chi connectivity index (χ1) is 13.3. The van der Waals surface area contributed by atoms with Crippen molar-refractivity contribution in [3.63, 3.8) is 0 Å². The zero-order valence-corrected chi connectivity index (χ0v) is 16.3. The van der Waals surface area contributed by atoms with Gasteiger partial charge in [-0.05, 0) is 23.1 Å². The molecule has 4 rings (SSSR count). The van der Waals surface area contributed by atoms with Gasteiger partial charge in [0, 0.05) is 31.4 Å². The SMILES string of the molecule is CC(=O)c1nc2c(c(=O)n(Cc3ccc4c(Cl)cccc4c3)c(=O)n2C)n1C. The highest BCUT2D eigenvalue weighted by Gasteiger charge is 2.20. The molecule has 0 aliphatic carbocycles. The number of hydrogen-bond donors (Lipinski definition) is 0. The third kappa shape index (κ3) is 2.66. The second kappa shape index (κ2) is 6.45. The Bertz CT molecular complexity index is 1390. The highest BCUT2D eigenvalue weighted by molar-refractivity contribution is 6.35. The number of hydrogen-bond acceptors (Lipinski definition) is 4. The number of aromatic nitrogens is 4. The maximum atomic E-state index is 13.0. The summed E-state index contributed by atoms with van der Waals surface area (Å²) < 4.78 is 3.89. The first kappa shape index (κ1) is 18.2. The van der Waals surface area contributed by atoms with E-state index in [0.717, 1.165) is 20.9 Å². The number of benzene rings is 2. The van der Waals surface area contributed by atoms with Gasteiger partial charge in [0.15, 0.2) is 22.8 Å². The summed E-state index contributed by atoms with van der Waals surface area (Å²) in [5.41, 5.74) is 0.242. The summed E-state index contributed by atoms with van der Waals surface area (Å²) in [5, 5.41) is 2.47. The third-order valence-corrected chi connectivity index (χ3v) is 5.24. The molecule has 0 radical (unpaired) electrons. The summed E-state index contributed by atoms with van der Waals surface area (Å²) in [6.07, 6.45) is 0. The van der Waals surface area contributed by atoms with E-state index in [0.29, 0.717) is 5.02 Å². The van der Waals surface area contributed by atoms with Gasteiger partial charge in [-0.2, -0.15) is 0 Å². The smallest absolute Gasteiger partial charge is 0.319 e. The minimum absolute atomic E-state index is 0.102. The van der Waals surface area contributed by atoms with Crippen molar-refractivity contribution < 1.29 is 4.79 Å². The molecule has 0 aliphatic heterocycles. The van der Waals surface area contributed by atoms with Crippen LogP contribution in [0.3, 0.4) is 0 Å². The lowest BCUT2D eigenvalue weighted by atomic mass is 10.1. The molecule has 2 aromatic heterocycles. The van der Waals surface area contributed by atoms with Crippen molar-refractivity contribution in [2.45, 2.75) is 13.5 Å². The lowest BCUT2D eigenvalue weighted by molar-refractivity contribution is 0.100. The minimum Gasteiger partial charge on any atom is -0.319 e. The number of aryl methyl sites for hydroxylation is 2. The maximum Gasteiger partial charge on any atom is 0.332 e. The van der Waals surface area contributed by atoms with E-state index in [4.69, 9.17) is 11.6 Å². The molecule has 4 aromatic rings. The molecule has 0 N–H and O–H groups in total. The Morgan fingerprint density at radius 3 is 2.57 bits per heavy atom. The molecule has 0 atom stereocenters. The summed E-state index contributed by atoms with van der Waals surface area (Å²) in [4.78, 5) is 41.8. The van der Waals surface area contributed by atoms with Crippen molar-refractivity contribution in [1.82, 2.24) is 18.7 Å². The van der Waals surface area contributed by atoms with E-state index >= 15 is 0 Å². The van der Waals surface area contributed by atoms with Crippen molar-refractivity contribution in [3.05, 3.63) is 73.6 Å². The minimum atomic E-state index is -0.489. The van der Waals surface area contributed by atoms with Crippen LogP contribution < -0.4 is 11.2 Å². The van der Waals surface area contributed by atoms with E-state index < -0.39 is 11.2 Å². The Balaban J connectivity index is 1.92. The fraction of sp³-hybridized carbons (Fsp3) is 0.200. The monoisotopic (exact) mass is 396 g/mol. The molecule has 2 heterocycles. The summed E-state index contributed by atoms with van der Waals surface area (Å²) >= 11 is 6.21. The van der Waals surface area contributed by atoms with E-state index in [1.165, 1.54) is 23.1 Å². The van der Waals surface area contributed by atoms with Crippen LogP contribution in [0.2, 0.25) is 5.02 Å². The molecule has 8 heteroatoms. The zero-order chi connectivity index (χ0) is 20.2. The van der Waals surface area contributed by atoms with Crippen LogP contribution >= 0.6 is 11.6 Å². The number of nitrogens with zero attached hydrogens (tertiary/aromatic N) is 4. The lowest BCUT2D eigenvalue weighted by Crippen LogP contribution is -2.39. The number of carbonyl (C=O) groups is 1. The van der Waals surface area contributed by atoms with Crippen molar-refractivity contribution in [1.29, 1.82) is 0 Å². The second-order valence-corrected chi connectivity index (χ2v) is 7.16. The predicted octanol–water partition coefficient (Wildman–Crippen LogP) is 2.49. The quantitative estimate of drug-likeness (QED) is 0.498. The first-order valence-corrected chi connectivity index (χ1v) is 9.01. The van der Waals surface area contributed by atoms with Gasteiger partial charge in [-0.15, -0.1) is 0 Å². The molecule has 2 aromatic carbocycles. The summed E-state index contributed by atoms with van der Waals surface area (Å²) in [7, 11) is 3.14. The van der Waals surface area contributed by atoms with Gasteiger partial charge in [-0.25, -0.2) is 9.78 Å². The lowest BCUT2D eigenvalue weighted by Gasteiger charge is -2.10. The molecule has 7 nitrogen and oxygen atoms in total. The average Bonchev–Trinajstić information content (AvgIpc) is 3.01. The van der Waals surface area contributed by atoms with Crippen LogP contribution in [-0.2, 0) is 20.6 Å². The largest absolute Gasteiger partial charge is 0.332 e. The number of rotatable bonds is 3. The van der Waals surface area contributed by atoms with Crippen molar-refractivity contribution in [3.8, 4) is 0 Å². The van der Waals surface area contributed by atoms with Gasteiger partial charge in [-0.3, -0.25) is 18.7 Å². The molecule has 0 spiro atoms. The molecule has 0 aliphatic rings. The van der Waals surface area contributed by atoms with Crippen LogP contribution in [0.15, 0.2) is 46.0 Å². The van der Waals surface area contributed by atoms with Crippen LogP contribution in [0.25, 0.3) is 21.9 Å². The number of imidazole rings is 1. The Labute approximate surface area is 164 Å². The molecule has 0 saturated heterocycles. The maximum absolute atomic E-state index is 13.0. The molecule has 142 valence electrons. The Hall–Kier alpha value is -3.19. The molecular weight excluding hydrogens is 380 g/mol. The van der Waals surface area contributed by atoms with Crippen LogP contribution in [0.5, 0.6) is 0 Å². The van der Waals surface area contributed by atoms with E-state index in [2.05, 4.69) is 4.98 Å². The number of fused-ring (bicyclic) bond motifs is 2. The molecule has 0 amide bonds. The number of carbonyl (C=O) groups excluding carboxylic acids is 1. The van der Waals surface area contributed by atoms with Crippen molar-refractivity contribution in [2.75, 3.05) is 0 Å². The Morgan fingerprint density at radius 2 is 1.86 bits per heavy atom. The van der Waals surface area contributed by atoms with E-state index in [-0.39, 0.29) is 29.3 Å². The highest BCUT2D eigenvalue weighted by atomic mass is 35.5. The normalized spacial score (nSPS) is 11.4. The van der Waals surface area contributed by atoms with Crippen molar-refractivity contribution >= 4 is 39.3 Å². The predicted molar refractivity (Wildman–Crippen MR) is 108 cm³/mol. The Morgan fingerprint density at radius 1 is 1.11 bits per heavy atom. The fourth-order valence-electron chi connectivity index (χ4n) is 3.47. The number of halogens is 1. The summed E-state index contributed by atoms with van der Waals surface area (Å²) in [6, 6.07) is 11.2. The summed E-state index contributed by atoms with van der Waals surface area (Å²) in [5.74, 6) is -0.135. The number of Topliss-reactive ketones (excluding diaryl/α,β-unsaturated/α-hetero) is 1. The molecular formula is C20H17ClN4O3. The molecule has 0 saturated carbocycles. The first-order valence-electron chi connectivity index (χ1n) is 8.64. The van der Waals surface area contributed by atoms with Gasteiger partial charge in [-0.1, -0.05) is 35.9 Å². The summed E-state index contributed by atoms with van der Waals surface area (Å²) in [6.45, 7) is 1.47. The van der Waals surface area contributed by atoms with Crippen LogP contribution in [-0.4, -0.2) is 24.5 Å². The van der Waals surface area contributed by atoms with E-state index in [1.807, 2.05) is 36.4 Å². The average molecular weight is 397 g/mol. The standard InChI is InChI=1S/C20H17ClN4O3/c1-11(26)17-22-18-16(23(17)2)19(27)25(20(28)24(18)3)10-12-7-8-14-13(9-12)5-4-6-15(14)21/h4-9H,10H2,1-3H3. The van der Waals surface area contributed by atoms with Gasteiger partial charge >= 0.3 is 5.69 Å². The fourth-order valence-corrected chi connectivity index (χ4v) is 3.72.